The van der Waals surface area contributed by atoms with E-state index in [2.05, 4.69) is 108 Å². The fourth-order valence-corrected chi connectivity index (χ4v) is 5.89. The number of imidazole rings is 1. The van der Waals surface area contributed by atoms with Gasteiger partial charge >= 0.3 is 0 Å². The van der Waals surface area contributed by atoms with E-state index in [1.54, 1.807) is 0 Å². The van der Waals surface area contributed by atoms with Gasteiger partial charge in [-0.1, -0.05) is 91.5 Å². The highest BCUT2D eigenvalue weighted by molar-refractivity contribution is 6.02. The second kappa shape index (κ2) is 10.4. The van der Waals surface area contributed by atoms with E-state index in [9.17, 15) is 5.26 Å². The van der Waals surface area contributed by atoms with Gasteiger partial charge in [0, 0.05) is 11.3 Å². The molecule has 0 radical (unpaired) electrons. The van der Waals surface area contributed by atoms with Crippen LogP contribution in [0.4, 0.5) is 0 Å². The monoisotopic (exact) mass is 537 g/mol. The molecule has 42 heavy (non-hydrogen) atoms. The van der Waals surface area contributed by atoms with Gasteiger partial charge in [-0.05, 0) is 99.3 Å². The number of rotatable bonds is 5. The molecule has 0 aliphatic rings. The van der Waals surface area contributed by atoms with Crippen molar-refractivity contribution < 1.29 is 0 Å². The van der Waals surface area contributed by atoms with Crippen LogP contribution < -0.4 is 0 Å². The topological polar surface area (TPSA) is 41.6 Å². The molecule has 0 N–H and O–H groups in total. The first-order valence-corrected chi connectivity index (χ1v) is 14.0. The highest BCUT2D eigenvalue weighted by atomic mass is 15.1. The molecule has 0 aliphatic heterocycles. The Kier molecular flexibility index (Phi) is 6.23. The molecule has 1 heterocycles. The normalized spacial score (nSPS) is 11.7. The number of para-hydroxylation sites is 2. The number of nitrogens with zero attached hydrogens (tertiary/aromatic N) is 3. The number of benzene rings is 6. The fraction of sp³-hybridized carbons (Fsp3) is 0.0256. The lowest BCUT2D eigenvalue weighted by atomic mass is 9.90. The summed E-state index contributed by atoms with van der Waals surface area (Å²) in [7, 11) is 0. The molecule has 0 atom stereocenters. The summed E-state index contributed by atoms with van der Waals surface area (Å²) in [6.45, 7) is 6.10. The first kappa shape index (κ1) is 25.3. The van der Waals surface area contributed by atoms with Crippen LogP contribution in [0.25, 0.3) is 71.9 Å². The first-order chi connectivity index (χ1) is 20.7. The average Bonchev–Trinajstić information content (AvgIpc) is 3.43. The molecule has 3 heteroatoms. The van der Waals surface area contributed by atoms with Crippen molar-refractivity contribution >= 4 is 38.3 Å². The van der Waals surface area contributed by atoms with Crippen LogP contribution in [0, 0.1) is 11.3 Å². The summed E-state index contributed by atoms with van der Waals surface area (Å²) in [4.78, 5) is 5.08. The second-order valence-electron chi connectivity index (χ2n) is 10.4. The summed E-state index contributed by atoms with van der Waals surface area (Å²) in [5.74, 6) is 0.895. The van der Waals surface area contributed by atoms with Gasteiger partial charge in [0.15, 0.2) is 0 Å². The SMILES string of the molecule is C=C/C(=C\C)n1c(-c2cccc3cc(-c4cc5ccccc5cc4-c4ccc(C#N)cc4)ccc23)nc2ccccc21. The number of allylic oxidation sites excluding steroid dienone is 3. The molecular formula is C39H27N3. The third kappa shape index (κ3) is 4.18. The van der Waals surface area contributed by atoms with Crippen molar-refractivity contribution in [3.05, 3.63) is 146 Å². The van der Waals surface area contributed by atoms with E-state index in [0.29, 0.717) is 5.56 Å². The summed E-state index contributed by atoms with van der Waals surface area (Å²) in [5.41, 5.74) is 9.24. The van der Waals surface area contributed by atoms with Crippen LogP contribution in [-0.2, 0) is 0 Å². The van der Waals surface area contributed by atoms with E-state index in [4.69, 9.17) is 4.98 Å². The summed E-state index contributed by atoms with van der Waals surface area (Å²) in [6, 6.07) is 44.4. The Bertz CT molecular complexity index is 2220. The molecule has 7 rings (SSSR count). The average molecular weight is 538 g/mol. The van der Waals surface area contributed by atoms with E-state index in [-0.39, 0.29) is 0 Å². The van der Waals surface area contributed by atoms with Crippen molar-refractivity contribution in [2.45, 2.75) is 6.92 Å². The van der Waals surface area contributed by atoms with E-state index in [0.717, 1.165) is 61.1 Å². The molecule has 198 valence electrons. The first-order valence-electron chi connectivity index (χ1n) is 14.0. The van der Waals surface area contributed by atoms with Crippen LogP contribution in [-0.4, -0.2) is 9.55 Å². The second-order valence-corrected chi connectivity index (χ2v) is 10.4. The Morgan fingerprint density at radius 1 is 0.714 bits per heavy atom. The van der Waals surface area contributed by atoms with Crippen LogP contribution in [0.15, 0.2) is 140 Å². The van der Waals surface area contributed by atoms with Crippen molar-refractivity contribution in [1.29, 1.82) is 5.26 Å². The number of hydrogen-bond donors (Lipinski definition) is 0. The molecule has 1 aromatic heterocycles. The lowest BCUT2D eigenvalue weighted by Gasteiger charge is -2.15. The molecule has 0 saturated carbocycles. The minimum atomic E-state index is 0.655. The van der Waals surface area contributed by atoms with Crippen molar-refractivity contribution in [1.82, 2.24) is 9.55 Å². The minimum Gasteiger partial charge on any atom is -0.293 e. The maximum absolute atomic E-state index is 9.33. The summed E-state index contributed by atoms with van der Waals surface area (Å²) >= 11 is 0. The minimum absolute atomic E-state index is 0.655. The maximum atomic E-state index is 9.33. The molecule has 0 aliphatic carbocycles. The van der Waals surface area contributed by atoms with E-state index >= 15 is 0 Å². The zero-order valence-electron chi connectivity index (χ0n) is 23.3. The third-order valence-electron chi connectivity index (χ3n) is 7.97. The molecule has 6 aromatic carbocycles. The number of hydrogen-bond acceptors (Lipinski definition) is 2. The van der Waals surface area contributed by atoms with Crippen LogP contribution in [0.2, 0.25) is 0 Å². The van der Waals surface area contributed by atoms with Crippen LogP contribution >= 0.6 is 0 Å². The molecule has 0 fully saturated rings. The van der Waals surface area contributed by atoms with Gasteiger partial charge < -0.3 is 0 Å². The summed E-state index contributed by atoms with van der Waals surface area (Å²) < 4.78 is 2.19. The highest BCUT2D eigenvalue weighted by Gasteiger charge is 2.17. The van der Waals surface area contributed by atoms with Crippen LogP contribution in [0.3, 0.4) is 0 Å². The molecule has 0 spiro atoms. The van der Waals surface area contributed by atoms with Crippen molar-refractivity contribution in [3.63, 3.8) is 0 Å². The van der Waals surface area contributed by atoms with E-state index in [1.165, 1.54) is 10.8 Å². The van der Waals surface area contributed by atoms with Gasteiger partial charge in [-0.3, -0.25) is 4.57 Å². The number of aromatic nitrogens is 2. The van der Waals surface area contributed by atoms with E-state index in [1.807, 2.05) is 49.4 Å². The largest absolute Gasteiger partial charge is 0.293 e. The highest BCUT2D eigenvalue weighted by Crippen LogP contribution is 2.39. The smallest absolute Gasteiger partial charge is 0.146 e. The van der Waals surface area contributed by atoms with Crippen molar-refractivity contribution in [2.24, 2.45) is 0 Å². The van der Waals surface area contributed by atoms with E-state index < -0.39 is 0 Å². The van der Waals surface area contributed by atoms with Gasteiger partial charge in [0.2, 0.25) is 0 Å². The third-order valence-corrected chi connectivity index (χ3v) is 7.97. The van der Waals surface area contributed by atoms with Gasteiger partial charge in [0.05, 0.1) is 22.7 Å². The summed E-state index contributed by atoms with van der Waals surface area (Å²) in [6.07, 6.45) is 3.95. The van der Waals surface area contributed by atoms with Gasteiger partial charge in [-0.15, -0.1) is 0 Å². The Balaban J connectivity index is 1.44. The van der Waals surface area contributed by atoms with Crippen LogP contribution in [0.5, 0.6) is 0 Å². The zero-order chi connectivity index (χ0) is 28.6. The van der Waals surface area contributed by atoms with Crippen LogP contribution in [0.1, 0.15) is 12.5 Å². The molecule has 0 bridgehead atoms. The number of fused-ring (bicyclic) bond motifs is 3. The Morgan fingerprint density at radius 2 is 1.38 bits per heavy atom. The molecule has 7 aromatic rings. The van der Waals surface area contributed by atoms with Crippen molar-refractivity contribution in [2.75, 3.05) is 0 Å². The molecular weight excluding hydrogens is 510 g/mol. The molecule has 0 unspecified atom stereocenters. The van der Waals surface area contributed by atoms with Crippen molar-refractivity contribution in [3.8, 4) is 39.7 Å². The maximum Gasteiger partial charge on any atom is 0.146 e. The zero-order valence-corrected chi connectivity index (χ0v) is 23.3. The Labute approximate surface area is 244 Å². The molecule has 3 nitrogen and oxygen atoms in total. The summed E-state index contributed by atoms with van der Waals surface area (Å²) in [5, 5.41) is 14.0. The van der Waals surface area contributed by atoms with Gasteiger partial charge in [0.1, 0.15) is 5.82 Å². The quantitative estimate of drug-likeness (QED) is 0.205. The predicted octanol–water partition coefficient (Wildman–Crippen LogP) is 10.3. The Hall–Kier alpha value is -5.72. The number of nitriles is 1. The standard InChI is InChI=1S/C39H27N3/c1-3-32(4-2)42-38-15-8-7-14-37(38)41-39(42)34-13-9-12-30-22-31(20-21-33(30)34)36-24-29-11-6-5-10-28(29)23-35(36)27-18-16-26(25-40)17-19-27/h3-24H,1H2,2H3/b32-4+. The lowest BCUT2D eigenvalue weighted by molar-refractivity contribution is 1.15. The molecule has 0 amide bonds. The molecule has 0 saturated heterocycles. The van der Waals surface area contributed by atoms with Gasteiger partial charge in [-0.2, -0.15) is 5.26 Å². The Morgan fingerprint density at radius 3 is 2.10 bits per heavy atom. The van der Waals surface area contributed by atoms with Gasteiger partial charge in [-0.25, -0.2) is 4.98 Å². The lowest BCUT2D eigenvalue weighted by Crippen LogP contribution is -1.98. The van der Waals surface area contributed by atoms with Gasteiger partial charge in [0.25, 0.3) is 0 Å². The fourth-order valence-electron chi connectivity index (χ4n) is 5.89. The predicted molar refractivity (Wildman–Crippen MR) is 176 cm³/mol.